The molecule has 0 aliphatic rings. The topological polar surface area (TPSA) is 38.0 Å². The standard InChI is InChI=1S/C10H21F3N2/c1-2-3-4-5-6-9(15-14)7-8-10(11,12)13/h9,15H,2-8,14H2,1H3. The van der Waals surface area contributed by atoms with E-state index in [9.17, 15) is 13.2 Å². The molecule has 0 bridgehead atoms. The van der Waals surface area contributed by atoms with Crippen LogP contribution in [0.25, 0.3) is 0 Å². The molecule has 1 unspecified atom stereocenters. The van der Waals surface area contributed by atoms with E-state index in [1.54, 1.807) is 0 Å². The smallest absolute Gasteiger partial charge is 0.271 e. The molecule has 5 heteroatoms. The number of hydrogen-bond acceptors (Lipinski definition) is 2. The van der Waals surface area contributed by atoms with Gasteiger partial charge in [0.2, 0.25) is 0 Å². The molecule has 0 amide bonds. The molecule has 0 aromatic rings. The van der Waals surface area contributed by atoms with E-state index in [1.165, 1.54) is 0 Å². The Hall–Kier alpha value is -0.290. The molecule has 0 radical (unpaired) electrons. The maximum Gasteiger partial charge on any atom is 0.389 e. The molecular weight excluding hydrogens is 205 g/mol. The van der Waals surface area contributed by atoms with E-state index in [-0.39, 0.29) is 12.5 Å². The van der Waals surface area contributed by atoms with Crippen molar-refractivity contribution in [2.24, 2.45) is 5.84 Å². The van der Waals surface area contributed by atoms with Gasteiger partial charge in [-0.05, 0) is 12.8 Å². The van der Waals surface area contributed by atoms with Crippen molar-refractivity contribution < 1.29 is 13.2 Å². The summed E-state index contributed by atoms with van der Waals surface area (Å²) >= 11 is 0. The lowest BCUT2D eigenvalue weighted by Gasteiger charge is -2.16. The molecule has 1 atom stereocenters. The highest BCUT2D eigenvalue weighted by atomic mass is 19.4. The minimum absolute atomic E-state index is 0.0755. The van der Waals surface area contributed by atoms with Crippen LogP contribution in [-0.4, -0.2) is 12.2 Å². The first-order chi connectivity index (χ1) is 6.99. The minimum Gasteiger partial charge on any atom is -0.271 e. The van der Waals surface area contributed by atoms with Crippen LogP contribution in [0.15, 0.2) is 0 Å². The Morgan fingerprint density at radius 3 is 2.27 bits per heavy atom. The van der Waals surface area contributed by atoms with Crippen molar-refractivity contribution in [1.82, 2.24) is 5.43 Å². The predicted octanol–water partition coefficient (Wildman–Crippen LogP) is 3.13. The molecule has 0 aromatic carbocycles. The molecule has 3 N–H and O–H groups in total. The Morgan fingerprint density at radius 1 is 1.13 bits per heavy atom. The van der Waals surface area contributed by atoms with Gasteiger partial charge in [0, 0.05) is 12.5 Å². The van der Waals surface area contributed by atoms with E-state index in [2.05, 4.69) is 12.3 Å². The molecule has 0 saturated carbocycles. The van der Waals surface area contributed by atoms with Crippen LogP contribution in [0.5, 0.6) is 0 Å². The lowest BCUT2D eigenvalue weighted by molar-refractivity contribution is -0.136. The quantitative estimate of drug-likeness (QED) is 0.379. The molecule has 0 heterocycles. The molecule has 15 heavy (non-hydrogen) atoms. The van der Waals surface area contributed by atoms with Gasteiger partial charge in [-0.2, -0.15) is 13.2 Å². The van der Waals surface area contributed by atoms with Crippen molar-refractivity contribution in [3.63, 3.8) is 0 Å². The SMILES string of the molecule is CCCCCCC(CCC(F)(F)F)NN. The van der Waals surface area contributed by atoms with Crippen LogP contribution in [0.1, 0.15) is 51.9 Å². The van der Waals surface area contributed by atoms with E-state index in [0.29, 0.717) is 0 Å². The van der Waals surface area contributed by atoms with Gasteiger partial charge in [-0.3, -0.25) is 11.3 Å². The summed E-state index contributed by atoms with van der Waals surface area (Å²) in [5.74, 6) is 5.20. The predicted molar refractivity (Wildman–Crippen MR) is 55.2 cm³/mol. The summed E-state index contributed by atoms with van der Waals surface area (Å²) in [5.41, 5.74) is 2.45. The third-order valence-corrected chi connectivity index (χ3v) is 2.42. The lowest BCUT2D eigenvalue weighted by atomic mass is 10.0. The van der Waals surface area contributed by atoms with Gasteiger partial charge >= 0.3 is 6.18 Å². The fraction of sp³-hybridized carbons (Fsp3) is 1.00. The van der Waals surface area contributed by atoms with Gasteiger partial charge in [0.05, 0.1) is 0 Å². The number of alkyl halides is 3. The number of hydrogen-bond donors (Lipinski definition) is 2. The van der Waals surface area contributed by atoms with Crippen LogP contribution in [-0.2, 0) is 0 Å². The Kier molecular flexibility index (Phi) is 7.78. The molecule has 0 aromatic heterocycles. The molecule has 0 fully saturated rings. The zero-order valence-corrected chi connectivity index (χ0v) is 9.24. The van der Waals surface area contributed by atoms with Crippen molar-refractivity contribution in [3.8, 4) is 0 Å². The van der Waals surface area contributed by atoms with Gasteiger partial charge < -0.3 is 0 Å². The van der Waals surface area contributed by atoms with Crippen molar-refractivity contribution in [2.45, 2.75) is 64.1 Å². The zero-order valence-electron chi connectivity index (χ0n) is 9.24. The van der Waals surface area contributed by atoms with Crippen LogP contribution in [0, 0.1) is 0 Å². The third kappa shape index (κ3) is 10.0. The summed E-state index contributed by atoms with van der Waals surface area (Å²) in [4.78, 5) is 0. The molecule has 0 aliphatic carbocycles. The summed E-state index contributed by atoms with van der Waals surface area (Å²) < 4.78 is 35.8. The molecular formula is C10H21F3N2. The number of hydrazine groups is 1. The molecule has 0 aliphatic heterocycles. The Bertz CT molecular complexity index is 148. The van der Waals surface area contributed by atoms with E-state index in [1.807, 2.05) is 0 Å². The highest BCUT2D eigenvalue weighted by Gasteiger charge is 2.27. The average molecular weight is 226 g/mol. The van der Waals surface area contributed by atoms with Crippen molar-refractivity contribution >= 4 is 0 Å². The highest BCUT2D eigenvalue weighted by molar-refractivity contribution is 4.66. The van der Waals surface area contributed by atoms with Gasteiger partial charge in [0.1, 0.15) is 0 Å². The first-order valence-electron chi connectivity index (χ1n) is 5.52. The van der Waals surface area contributed by atoms with Crippen LogP contribution in [0.4, 0.5) is 13.2 Å². The van der Waals surface area contributed by atoms with Gasteiger partial charge in [-0.15, -0.1) is 0 Å². The molecule has 92 valence electrons. The normalized spacial score (nSPS) is 14.2. The van der Waals surface area contributed by atoms with Crippen molar-refractivity contribution in [1.29, 1.82) is 0 Å². The number of rotatable bonds is 8. The molecule has 0 saturated heterocycles. The maximum atomic E-state index is 11.9. The Morgan fingerprint density at radius 2 is 1.80 bits per heavy atom. The summed E-state index contributed by atoms with van der Waals surface area (Å²) in [6.45, 7) is 2.10. The number of nitrogens with one attached hydrogen (secondary N) is 1. The summed E-state index contributed by atoms with van der Waals surface area (Å²) in [6.07, 6.45) is 0.258. The minimum atomic E-state index is -4.07. The van der Waals surface area contributed by atoms with Gasteiger partial charge in [0.25, 0.3) is 0 Å². The molecule has 0 rings (SSSR count). The van der Waals surface area contributed by atoms with Crippen LogP contribution >= 0.6 is 0 Å². The second-order valence-corrected chi connectivity index (χ2v) is 3.87. The van der Waals surface area contributed by atoms with Gasteiger partial charge in [0.15, 0.2) is 0 Å². The van der Waals surface area contributed by atoms with Crippen LogP contribution in [0.2, 0.25) is 0 Å². The number of halogens is 3. The monoisotopic (exact) mass is 226 g/mol. The van der Waals surface area contributed by atoms with Crippen LogP contribution in [0.3, 0.4) is 0 Å². The van der Waals surface area contributed by atoms with Crippen LogP contribution < -0.4 is 11.3 Å². The maximum absolute atomic E-state index is 11.9. The Labute approximate surface area is 89.4 Å². The largest absolute Gasteiger partial charge is 0.389 e. The number of unbranched alkanes of at least 4 members (excludes halogenated alkanes) is 3. The molecule has 2 nitrogen and oxygen atoms in total. The average Bonchev–Trinajstić information content (AvgIpc) is 2.15. The fourth-order valence-corrected chi connectivity index (χ4v) is 1.47. The highest BCUT2D eigenvalue weighted by Crippen LogP contribution is 2.23. The van der Waals surface area contributed by atoms with Crippen molar-refractivity contribution in [2.75, 3.05) is 0 Å². The lowest BCUT2D eigenvalue weighted by Crippen LogP contribution is -2.35. The van der Waals surface area contributed by atoms with Gasteiger partial charge in [-0.25, -0.2) is 0 Å². The van der Waals surface area contributed by atoms with E-state index >= 15 is 0 Å². The summed E-state index contributed by atoms with van der Waals surface area (Å²) in [5, 5.41) is 0. The number of nitrogens with two attached hydrogens (primary N) is 1. The van der Waals surface area contributed by atoms with E-state index < -0.39 is 12.6 Å². The first-order valence-corrected chi connectivity index (χ1v) is 5.52. The summed E-state index contributed by atoms with van der Waals surface area (Å²) in [7, 11) is 0. The van der Waals surface area contributed by atoms with E-state index in [4.69, 9.17) is 5.84 Å². The second kappa shape index (κ2) is 7.93. The Balaban J connectivity index is 3.55. The molecule has 0 spiro atoms. The summed E-state index contributed by atoms with van der Waals surface area (Å²) in [6, 6.07) is -0.205. The zero-order chi connectivity index (χ0) is 11.7. The first kappa shape index (κ1) is 14.7. The third-order valence-electron chi connectivity index (χ3n) is 2.42. The van der Waals surface area contributed by atoms with Gasteiger partial charge in [-0.1, -0.05) is 32.6 Å². The second-order valence-electron chi connectivity index (χ2n) is 3.87. The van der Waals surface area contributed by atoms with E-state index in [0.717, 1.165) is 32.1 Å². The fourth-order valence-electron chi connectivity index (χ4n) is 1.47. The van der Waals surface area contributed by atoms with Crippen molar-refractivity contribution in [3.05, 3.63) is 0 Å².